The summed E-state index contributed by atoms with van der Waals surface area (Å²) in [6, 6.07) is 0. The third-order valence-electron chi connectivity index (χ3n) is 5.45. The van der Waals surface area contributed by atoms with Crippen LogP contribution in [0.15, 0.2) is 0 Å². The first-order valence-corrected chi connectivity index (χ1v) is 11.2. The normalized spacial score (nSPS) is 21.0. The van der Waals surface area contributed by atoms with E-state index in [-0.39, 0.29) is 29.9 Å². The van der Waals surface area contributed by atoms with Gasteiger partial charge in [-0.3, -0.25) is 10.0 Å². The molecule has 2 saturated heterocycles. The maximum atomic E-state index is 12.5. The summed E-state index contributed by atoms with van der Waals surface area (Å²) in [6.07, 6.45) is -0.932. The number of piperidine rings is 1. The molecule has 0 saturated carbocycles. The summed E-state index contributed by atoms with van der Waals surface area (Å²) < 4.78 is 67.5. The topological polar surface area (TPSA) is 87.1 Å². The summed E-state index contributed by atoms with van der Waals surface area (Å²) in [6.45, 7) is 1.10. The van der Waals surface area contributed by atoms with Crippen LogP contribution in [0.25, 0.3) is 0 Å². The van der Waals surface area contributed by atoms with E-state index in [0.29, 0.717) is 51.7 Å². The van der Waals surface area contributed by atoms with Crippen molar-refractivity contribution in [1.29, 1.82) is 0 Å². The van der Waals surface area contributed by atoms with Gasteiger partial charge < -0.3 is 4.74 Å². The molecule has 164 valence electrons. The number of amides is 1. The minimum Gasteiger partial charge on any atom is -0.381 e. The highest BCUT2D eigenvalue weighted by molar-refractivity contribution is 7.87. The largest absolute Gasteiger partial charge is 0.389 e. The lowest BCUT2D eigenvalue weighted by atomic mass is 9.92. The Balaban J connectivity index is 1.74. The van der Waals surface area contributed by atoms with Crippen molar-refractivity contribution in [2.75, 3.05) is 26.3 Å². The van der Waals surface area contributed by atoms with Crippen LogP contribution >= 0.6 is 0 Å². The van der Waals surface area contributed by atoms with Gasteiger partial charge in [-0.1, -0.05) is 23.7 Å². The molecular weight excluding hydrogens is 401 g/mol. The molecule has 0 spiro atoms. The number of carbonyl (C=O) groups is 1. The zero-order chi connectivity index (χ0) is 20.8. The summed E-state index contributed by atoms with van der Waals surface area (Å²) >= 11 is 0. The molecule has 2 aliphatic heterocycles. The van der Waals surface area contributed by atoms with Crippen molar-refractivity contribution in [3.8, 4) is 0 Å². The van der Waals surface area contributed by atoms with Crippen LogP contribution in [0.1, 0.15) is 57.8 Å². The zero-order valence-corrected chi connectivity index (χ0v) is 16.7. The maximum absolute atomic E-state index is 12.5. The van der Waals surface area contributed by atoms with E-state index < -0.39 is 34.6 Å². The summed E-state index contributed by atoms with van der Waals surface area (Å²) in [5.41, 5.74) is 0. The number of halogens is 3. The van der Waals surface area contributed by atoms with Crippen molar-refractivity contribution in [2.24, 2.45) is 11.8 Å². The second-order valence-corrected chi connectivity index (χ2v) is 9.29. The number of hydrogen-bond acceptors (Lipinski definition) is 5. The van der Waals surface area contributed by atoms with E-state index in [4.69, 9.17) is 4.74 Å². The van der Waals surface area contributed by atoms with Crippen molar-refractivity contribution in [1.82, 2.24) is 8.77 Å². The van der Waals surface area contributed by atoms with Gasteiger partial charge in [0.05, 0.1) is 0 Å². The Hall–Kier alpha value is -0.910. The van der Waals surface area contributed by atoms with Crippen molar-refractivity contribution >= 4 is 16.1 Å². The van der Waals surface area contributed by atoms with E-state index >= 15 is 0 Å². The van der Waals surface area contributed by atoms with Gasteiger partial charge in [0.1, 0.15) is 0 Å². The van der Waals surface area contributed by atoms with Crippen LogP contribution in [-0.4, -0.2) is 60.8 Å². The monoisotopic (exact) mass is 430 g/mol. The molecule has 1 amide bonds. The van der Waals surface area contributed by atoms with Gasteiger partial charge in [-0.2, -0.15) is 25.9 Å². The first-order chi connectivity index (χ1) is 13.1. The Labute approximate surface area is 164 Å². The SMILES string of the molecule is O=C(C1CCOCC1)N(O)S(=O)(=O)N1CCC(CCCCCC(F)(F)F)CC1. The number of hydrogen-bond donors (Lipinski definition) is 1. The van der Waals surface area contributed by atoms with Gasteiger partial charge in [0.15, 0.2) is 0 Å². The van der Waals surface area contributed by atoms with E-state index in [1.54, 1.807) is 0 Å². The van der Waals surface area contributed by atoms with Gasteiger partial charge in [-0.05, 0) is 38.0 Å². The molecule has 1 N–H and O–H groups in total. The summed E-state index contributed by atoms with van der Waals surface area (Å²) in [7, 11) is -4.27. The van der Waals surface area contributed by atoms with Crippen molar-refractivity contribution in [2.45, 2.75) is 64.0 Å². The summed E-state index contributed by atoms with van der Waals surface area (Å²) in [5, 5.41) is 10.0. The predicted octanol–water partition coefficient (Wildman–Crippen LogP) is 3.10. The van der Waals surface area contributed by atoms with Crippen molar-refractivity contribution < 1.29 is 36.3 Å². The highest BCUT2D eigenvalue weighted by atomic mass is 32.2. The lowest BCUT2D eigenvalue weighted by Gasteiger charge is -2.33. The van der Waals surface area contributed by atoms with E-state index in [0.717, 1.165) is 10.7 Å². The van der Waals surface area contributed by atoms with Crippen LogP contribution in [0.4, 0.5) is 13.2 Å². The molecule has 28 heavy (non-hydrogen) atoms. The van der Waals surface area contributed by atoms with Gasteiger partial charge in [-0.25, -0.2) is 0 Å². The molecule has 2 fully saturated rings. The Bertz CT molecular complexity index is 600. The average molecular weight is 430 g/mol. The highest BCUT2D eigenvalue weighted by Crippen LogP contribution is 2.28. The first kappa shape index (κ1) is 23.4. The van der Waals surface area contributed by atoms with Crippen LogP contribution in [0.3, 0.4) is 0 Å². The molecule has 0 aliphatic carbocycles. The molecule has 0 atom stereocenters. The third-order valence-corrected chi connectivity index (χ3v) is 7.08. The Kier molecular flexibility index (Phi) is 8.53. The minimum atomic E-state index is -4.27. The molecular formula is C17H29F3N2O5S. The quantitative estimate of drug-likeness (QED) is 0.363. The van der Waals surface area contributed by atoms with E-state index in [9.17, 15) is 31.6 Å². The fourth-order valence-corrected chi connectivity index (χ4v) is 4.96. The third kappa shape index (κ3) is 6.85. The maximum Gasteiger partial charge on any atom is 0.389 e. The van der Waals surface area contributed by atoms with Gasteiger partial charge in [-0.15, -0.1) is 0 Å². The van der Waals surface area contributed by atoms with E-state index in [1.807, 2.05) is 0 Å². The van der Waals surface area contributed by atoms with Crippen LogP contribution in [0.2, 0.25) is 0 Å². The number of alkyl halides is 3. The highest BCUT2D eigenvalue weighted by Gasteiger charge is 2.38. The summed E-state index contributed by atoms with van der Waals surface area (Å²) in [5.74, 6) is -1.14. The number of unbranched alkanes of at least 4 members (excludes halogenated alkanes) is 2. The molecule has 2 aliphatic rings. The summed E-state index contributed by atoms with van der Waals surface area (Å²) in [4.78, 5) is 12.3. The van der Waals surface area contributed by atoms with Gasteiger partial charge in [0.2, 0.25) is 0 Å². The van der Waals surface area contributed by atoms with Gasteiger partial charge in [0.25, 0.3) is 5.91 Å². The Morgan fingerprint density at radius 3 is 2.25 bits per heavy atom. The molecule has 0 bridgehead atoms. The molecule has 11 heteroatoms. The fourth-order valence-electron chi connectivity index (χ4n) is 3.69. The standard InChI is InChI=1S/C17H29F3N2O5S/c18-17(19,20)9-3-1-2-4-14-5-10-21(11-6-14)28(25,26)22(24)16(23)15-7-12-27-13-8-15/h14-15,24H,1-13H2. The van der Waals surface area contributed by atoms with Crippen LogP contribution in [0.5, 0.6) is 0 Å². The molecule has 0 aromatic heterocycles. The molecule has 2 rings (SSSR count). The number of carbonyl (C=O) groups excluding carboxylic acids is 1. The predicted molar refractivity (Wildman–Crippen MR) is 94.5 cm³/mol. The lowest BCUT2D eigenvalue weighted by Crippen LogP contribution is -2.50. The number of nitrogens with zero attached hydrogens (tertiary/aromatic N) is 2. The second-order valence-electron chi connectivity index (χ2n) is 7.53. The van der Waals surface area contributed by atoms with Gasteiger partial charge in [0, 0.05) is 38.6 Å². The number of ether oxygens (including phenoxy) is 1. The van der Waals surface area contributed by atoms with Crippen LogP contribution in [0, 0.1) is 11.8 Å². The van der Waals surface area contributed by atoms with Crippen LogP contribution < -0.4 is 0 Å². The smallest absolute Gasteiger partial charge is 0.381 e. The minimum absolute atomic E-state index is 0.116. The Morgan fingerprint density at radius 2 is 1.68 bits per heavy atom. The van der Waals surface area contributed by atoms with Gasteiger partial charge >= 0.3 is 16.4 Å². The molecule has 0 radical (unpaired) electrons. The first-order valence-electron chi connectivity index (χ1n) is 9.79. The fraction of sp³-hybridized carbons (Fsp3) is 0.941. The lowest BCUT2D eigenvalue weighted by molar-refractivity contribution is -0.154. The number of rotatable bonds is 8. The molecule has 0 aromatic rings. The second kappa shape index (κ2) is 10.2. The molecule has 0 unspecified atom stereocenters. The molecule has 0 aromatic carbocycles. The van der Waals surface area contributed by atoms with Crippen molar-refractivity contribution in [3.63, 3.8) is 0 Å². The average Bonchev–Trinajstić information content (AvgIpc) is 2.66. The van der Waals surface area contributed by atoms with Crippen molar-refractivity contribution in [3.05, 3.63) is 0 Å². The van der Waals surface area contributed by atoms with E-state index in [1.165, 1.54) is 0 Å². The number of hydroxylamine groups is 1. The molecule has 7 nitrogen and oxygen atoms in total. The zero-order valence-electron chi connectivity index (χ0n) is 15.9. The molecule has 2 heterocycles. The Morgan fingerprint density at radius 1 is 1.07 bits per heavy atom. The van der Waals surface area contributed by atoms with E-state index in [2.05, 4.69) is 0 Å². The van der Waals surface area contributed by atoms with Crippen LogP contribution in [-0.2, 0) is 19.7 Å².